The molecule has 3 aliphatic rings. The molecule has 5 nitrogen and oxygen atoms in total. The molecule has 1 saturated heterocycles. The summed E-state index contributed by atoms with van der Waals surface area (Å²) in [5.74, 6) is 2.61. The van der Waals surface area contributed by atoms with Crippen LogP contribution in [0.2, 0.25) is 0 Å². The number of rotatable bonds is 3. The van der Waals surface area contributed by atoms with Crippen molar-refractivity contribution in [1.29, 1.82) is 0 Å². The Kier molecular flexibility index (Phi) is 5.53. The lowest BCUT2D eigenvalue weighted by atomic mass is 9.41. The third-order valence-corrected chi connectivity index (χ3v) is 7.18. The van der Waals surface area contributed by atoms with Crippen molar-refractivity contribution in [2.24, 2.45) is 35.0 Å². The summed E-state index contributed by atoms with van der Waals surface area (Å²) in [5.41, 5.74) is -0.160. The molecule has 3 fully saturated rings. The van der Waals surface area contributed by atoms with E-state index >= 15 is 0 Å². The van der Waals surface area contributed by atoms with Crippen LogP contribution in [-0.2, 0) is 14.3 Å². The molecule has 27 heavy (non-hydrogen) atoms. The van der Waals surface area contributed by atoms with Crippen molar-refractivity contribution in [3.05, 3.63) is 0 Å². The molecular weight excluding hydrogens is 342 g/mol. The number of carbonyl (C=O) groups excluding carboxylic acids is 2. The largest absolute Gasteiger partial charge is 0.466 e. The molecule has 1 spiro atoms. The standard InChI is InChI=1S/C22H37NO4/c1-7-26-19(24)9-16-10-22(11-16)17-12-23(20(25)27-21(4,5)6)13-18(22)15(3)8-14(17)2/h14-18H,7-13H2,1-6H3. The van der Waals surface area contributed by atoms with Crippen LogP contribution in [0.3, 0.4) is 0 Å². The van der Waals surface area contributed by atoms with Crippen LogP contribution in [0.1, 0.15) is 67.2 Å². The van der Waals surface area contributed by atoms with Gasteiger partial charge in [0.15, 0.2) is 0 Å². The average Bonchev–Trinajstić information content (AvgIpc) is 2.49. The van der Waals surface area contributed by atoms with Crippen molar-refractivity contribution in [3.63, 3.8) is 0 Å². The van der Waals surface area contributed by atoms with Gasteiger partial charge in [0, 0.05) is 19.5 Å². The van der Waals surface area contributed by atoms with Gasteiger partial charge in [-0.05, 0) is 82.0 Å². The molecule has 4 unspecified atom stereocenters. The van der Waals surface area contributed by atoms with E-state index in [1.807, 2.05) is 32.6 Å². The fourth-order valence-electron chi connectivity index (χ4n) is 6.29. The number of carbonyl (C=O) groups is 2. The van der Waals surface area contributed by atoms with Crippen molar-refractivity contribution in [2.45, 2.75) is 72.8 Å². The molecule has 1 amide bonds. The van der Waals surface area contributed by atoms with Crippen LogP contribution in [0, 0.1) is 35.0 Å². The first-order chi connectivity index (χ1) is 12.6. The van der Waals surface area contributed by atoms with Gasteiger partial charge >= 0.3 is 12.1 Å². The Labute approximate surface area is 164 Å². The normalized spacial score (nSPS) is 38.3. The van der Waals surface area contributed by atoms with Crippen LogP contribution < -0.4 is 0 Å². The van der Waals surface area contributed by atoms with E-state index < -0.39 is 5.60 Å². The summed E-state index contributed by atoms with van der Waals surface area (Å²) < 4.78 is 10.8. The summed E-state index contributed by atoms with van der Waals surface area (Å²) in [6, 6.07) is 0. The molecule has 0 aromatic rings. The van der Waals surface area contributed by atoms with E-state index in [0.717, 1.165) is 25.9 Å². The minimum absolute atomic E-state index is 0.0604. The lowest BCUT2D eigenvalue weighted by molar-refractivity contribution is -0.180. The smallest absolute Gasteiger partial charge is 0.410 e. The summed E-state index contributed by atoms with van der Waals surface area (Å²) in [6.45, 7) is 14.4. The average molecular weight is 380 g/mol. The number of hydrogen-bond donors (Lipinski definition) is 0. The van der Waals surface area contributed by atoms with E-state index in [1.54, 1.807) is 0 Å². The van der Waals surface area contributed by atoms with Crippen LogP contribution in [0.5, 0.6) is 0 Å². The number of ether oxygens (including phenoxy) is 2. The van der Waals surface area contributed by atoms with E-state index in [9.17, 15) is 9.59 Å². The van der Waals surface area contributed by atoms with E-state index in [1.165, 1.54) is 6.42 Å². The molecule has 0 N–H and O–H groups in total. The predicted molar refractivity (Wildman–Crippen MR) is 104 cm³/mol. The van der Waals surface area contributed by atoms with Crippen molar-refractivity contribution in [1.82, 2.24) is 4.90 Å². The second kappa shape index (κ2) is 7.29. The zero-order valence-electron chi connectivity index (χ0n) is 17.9. The molecule has 1 aliphatic heterocycles. The Morgan fingerprint density at radius 3 is 2.11 bits per heavy atom. The maximum atomic E-state index is 12.7. The maximum absolute atomic E-state index is 12.7. The molecule has 2 bridgehead atoms. The van der Waals surface area contributed by atoms with Crippen LogP contribution in [-0.4, -0.2) is 42.3 Å². The zero-order chi connectivity index (χ0) is 20.0. The third-order valence-electron chi connectivity index (χ3n) is 7.18. The molecule has 0 aromatic carbocycles. The van der Waals surface area contributed by atoms with Gasteiger partial charge in [0.1, 0.15) is 5.60 Å². The highest BCUT2D eigenvalue weighted by Gasteiger charge is 2.62. The molecule has 5 heteroatoms. The van der Waals surface area contributed by atoms with Gasteiger partial charge in [-0.2, -0.15) is 0 Å². The Hall–Kier alpha value is -1.26. The van der Waals surface area contributed by atoms with E-state index in [2.05, 4.69) is 13.8 Å². The molecule has 0 radical (unpaired) electrons. The summed E-state index contributed by atoms with van der Waals surface area (Å²) in [5, 5.41) is 0. The number of amides is 1. The number of esters is 1. The SMILES string of the molecule is CCOC(=O)CC1CC2(C1)C1CN(C(=O)OC(C)(C)C)CC2C(C)CC1C. The molecule has 1 heterocycles. The molecule has 2 aliphatic carbocycles. The van der Waals surface area contributed by atoms with Crippen molar-refractivity contribution < 1.29 is 19.1 Å². The highest BCUT2D eigenvalue weighted by molar-refractivity contribution is 5.70. The molecule has 2 saturated carbocycles. The van der Waals surface area contributed by atoms with Gasteiger partial charge in [-0.1, -0.05) is 13.8 Å². The highest BCUT2D eigenvalue weighted by atomic mass is 16.6. The number of hydrogen-bond acceptors (Lipinski definition) is 4. The third kappa shape index (κ3) is 3.97. The van der Waals surface area contributed by atoms with Gasteiger partial charge in [-0.25, -0.2) is 4.79 Å². The maximum Gasteiger partial charge on any atom is 0.410 e. The fraction of sp³-hybridized carbons (Fsp3) is 0.909. The van der Waals surface area contributed by atoms with E-state index in [0.29, 0.717) is 48.0 Å². The van der Waals surface area contributed by atoms with Crippen LogP contribution in [0.4, 0.5) is 4.79 Å². The Morgan fingerprint density at radius 1 is 1.07 bits per heavy atom. The first-order valence-corrected chi connectivity index (χ1v) is 10.7. The molecule has 0 aromatic heterocycles. The van der Waals surface area contributed by atoms with E-state index in [4.69, 9.17) is 9.47 Å². The molecule has 3 rings (SSSR count). The minimum Gasteiger partial charge on any atom is -0.466 e. The first kappa shape index (κ1) is 20.5. The first-order valence-electron chi connectivity index (χ1n) is 10.7. The monoisotopic (exact) mass is 379 g/mol. The topological polar surface area (TPSA) is 55.8 Å². The van der Waals surface area contributed by atoms with Gasteiger partial charge in [0.2, 0.25) is 0 Å². The van der Waals surface area contributed by atoms with Crippen LogP contribution in [0.15, 0.2) is 0 Å². The second-order valence-electron chi connectivity index (χ2n) is 10.3. The van der Waals surface area contributed by atoms with E-state index in [-0.39, 0.29) is 12.1 Å². The summed E-state index contributed by atoms with van der Waals surface area (Å²) >= 11 is 0. The molecular formula is C22H37NO4. The van der Waals surface area contributed by atoms with Gasteiger partial charge in [0.25, 0.3) is 0 Å². The summed E-state index contributed by atoms with van der Waals surface area (Å²) in [7, 11) is 0. The fourth-order valence-corrected chi connectivity index (χ4v) is 6.29. The molecule has 4 atom stereocenters. The minimum atomic E-state index is -0.459. The van der Waals surface area contributed by atoms with Crippen molar-refractivity contribution >= 4 is 12.1 Å². The van der Waals surface area contributed by atoms with Gasteiger partial charge in [0.05, 0.1) is 6.61 Å². The highest BCUT2D eigenvalue weighted by Crippen LogP contribution is 2.65. The van der Waals surface area contributed by atoms with Gasteiger partial charge in [-0.3, -0.25) is 4.79 Å². The van der Waals surface area contributed by atoms with Crippen molar-refractivity contribution in [3.8, 4) is 0 Å². The van der Waals surface area contributed by atoms with Crippen molar-refractivity contribution in [2.75, 3.05) is 19.7 Å². The Balaban J connectivity index is 1.71. The second-order valence-corrected chi connectivity index (χ2v) is 10.3. The number of likely N-dealkylation sites (tertiary alicyclic amines) is 1. The van der Waals surface area contributed by atoms with Crippen LogP contribution >= 0.6 is 0 Å². The predicted octanol–water partition coefficient (Wildman–Crippen LogP) is 4.50. The molecule has 154 valence electrons. The van der Waals surface area contributed by atoms with Gasteiger partial charge in [-0.15, -0.1) is 0 Å². The number of piperidine rings is 1. The lowest BCUT2D eigenvalue weighted by Crippen LogP contribution is -2.65. The number of nitrogens with zero attached hydrogens (tertiary/aromatic N) is 1. The van der Waals surface area contributed by atoms with Crippen LogP contribution in [0.25, 0.3) is 0 Å². The van der Waals surface area contributed by atoms with Gasteiger partial charge < -0.3 is 14.4 Å². The Bertz CT molecular complexity index is 555. The quantitative estimate of drug-likeness (QED) is 0.678. The zero-order valence-corrected chi connectivity index (χ0v) is 17.9. The summed E-state index contributed by atoms with van der Waals surface area (Å²) in [4.78, 5) is 26.5. The Morgan fingerprint density at radius 2 is 1.63 bits per heavy atom. The lowest BCUT2D eigenvalue weighted by Gasteiger charge is -2.66. The summed E-state index contributed by atoms with van der Waals surface area (Å²) in [6.07, 6.45) is 3.83.